The Morgan fingerprint density at radius 2 is 2.29 bits per heavy atom. The first-order chi connectivity index (χ1) is 8.20. The molecule has 2 rings (SSSR count). The predicted octanol–water partition coefficient (Wildman–Crippen LogP) is 2.60. The molecule has 4 heteroatoms. The maximum Gasteiger partial charge on any atom is 0.243 e. The lowest BCUT2D eigenvalue weighted by molar-refractivity contribution is -0.116. The molecule has 0 atom stereocenters. The number of amides is 1. The standard InChI is InChI=1S/C13H13ClN2O/c1-2-13(17)15-6-8-16-7-5-10-9-11(14)3-4-12(10)16/h2-5,7,9H,1,6,8H2,(H,15,17). The molecule has 17 heavy (non-hydrogen) atoms. The highest BCUT2D eigenvalue weighted by molar-refractivity contribution is 6.31. The molecule has 0 bridgehead atoms. The average molecular weight is 249 g/mol. The molecular formula is C13H13ClN2O. The zero-order valence-corrected chi connectivity index (χ0v) is 10.1. The van der Waals surface area contributed by atoms with Crippen LogP contribution in [0.15, 0.2) is 43.1 Å². The Bertz CT molecular complexity index is 560. The van der Waals surface area contributed by atoms with Crippen LogP contribution in [0.25, 0.3) is 10.9 Å². The van der Waals surface area contributed by atoms with Gasteiger partial charge in [-0.3, -0.25) is 4.79 Å². The van der Waals surface area contributed by atoms with Crippen LogP contribution in [0.3, 0.4) is 0 Å². The summed E-state index contributed by atoms with van der Waals surface area (Å²) in [6.45, 7) is 4.71. The number of benzene rings is 1. The number of hydrogen-bond donors (Lipinski definition) is 1. The number of hydrogen-bond acceptors (Lipinski definition) is 1. The molecule has 1 amide bonds. The van der Waals surface area contributed by atoms with Crippen LogP contribution in [0.5, 0.6) is 0 Å². The van der Waals surface area contributed by atoms with Gasteiger partial charge in [-0.25, -0.2) is 0 Å². The fraction of sp³-hybridized carbons (Fsp3) is 0.154. The van der Waals surface area contributed by atoms with Gasteiger partial charge in [0.25, 0.3) is 0 Å². The predicted molar refractivity (Wildman–Crippen MR) is 70.2 cm³/mol. The lowest BCUT2D eigenvalue weighted by atomic mass is 10.2. The van der Waals surface area contributed by atoms with Gasteiger partial charge in [0.1, 0.15) is 0 Å². The normalized spacial score (nSPS) is 10.4. The summed E-state index contributed by atoms with van der Waals surface area (Å²) in [7, 11) is 0. The highest BCUT2D eigenvalue weighted by atomic mass is 35.5. The van der Waals surface area contributed by atoms with E-state index in [0.717, 1.165) is 22.5 Å². The van der Waals surface area contributed by atoms with Crippen molar-refractivity contribution < 1.29 is 4.79 Å². The van der Waals surface area contributed by atoms with Crippen LogP contribution in [0.4, 0.5) is 0 Å². The van der Waals surface area contributed by atoms with E-state index >= 15 is 0 Å². The van der Waals surface area contributed by atoms with Gasteiger partial charge in [0.15, 0.2) is 0 Å². The lowest BCUT2D eigenvalue weighted by Crippen LogP contribution is -2.24. The number of rotatable bonds is 4. The van der Waals surface area contributed by atoms with Crippen molar-refractivity contribution in [3.05, 3.63) is 48.1 Å². The van der Waals surface area contributed by atoms with Gasteiger partial charge < -0.3 is 9.88 Å². The Labute approximate surface area is 105 Å². The molecular weight excluding hydrogens is 236 g/mol. The smallest absolute Gasteiger partial charge is 0.243 e. The summed E-state index contributed by atoms with van der Waals surface area (Å²) >= 11 is 5.92. The molecule has 0 fully saturated rings. The van der Waals surface area contributed by atoms with E-state index in [9.17, 15) is 4.79 Å². The van der Waals surface area contributed by atoms with Crippen molar-refractivity contribution in [1.29, 1.82) is 0 Å². The molecule has 0 saturated carbocycles. The van der Waals surface area contributed by atoms with Crippen molar-refractivity contribution in [2.75, 3.05) is 6.54 Å². The zero-order chi connectivity index (χ0) is 12.3. The van der Waals surface area contributed by atoms with Crippen molar-refractivity contribution in [3.8, 4) is 0 Å². The van der Waals surface area contributed by atoms with Crippen molar-refractivity contribution in [3.63, 3.8) is 0 Å². The molecule has 2 aromatic rings. The van der Waals surface area contributed by atoms with Crippen LogP contribution in [-0.4, -0.2) is 17.0 Å². The average Bonchev–Trinajstić information content (AvgIpc) is 2.71. The van der Waals surface area contributed by atoms with E-state index in [1.165, 1.54) is 6.08 Å². The van der Waals surface area contributed by atoms with Gasteiger partial charge in [-0.05, 0) is 30.3 Å². The van der Waals surface area contributed by atoms with E-state index < -0.39 is 0 Å². The molecule has 1 heterocycles. The summed E-state index contributed by atoms with van der Waals surface area (Å²) in [4.78, 5) is 11.0. The Morgan fingerprint density at radius 3 is 3.06 bits per heavy atom. The van der Waals surface area contributed by atoms with Crippen LogP contribution in [0, 0.1) is 0 Å². The topological polar surface area (TPSA) is 34.0 Å². The second-order valence-corrected chi connectivity index (χ2v) is 4.14. The van der Waals surface area contributed by atoms with Gasteiger partial charge in [0.2, 0.25) is 5.91 Å². The highest BCUT2D eigenvalue weighted by Gasteiger charge is 2.01. The third-order valence-corrected chi connectivity index (χ3v) is 2.81. The lowest BCUT2D eigenvalue weighted by Gasteiger charge is -2.06. The Balaban J connectivity index is 2.09. The Hall–Kier alpha value is -1.74. The SMILES string of the molecule is C=CC(=O)NCCn1ccc2cc(Cl)ccc21. The fourth-order valence-electron chi connectivity index (χ4n) is 1.74. The number of carbonyl (C=O) groups excluding carboxylic acids is 1. The summed E-state index contributed by atoms with van der Waals surface area (Å²) < 4.78 is 2.08. The number of carbonyl (C=O) groups is 1. The van der Waals surface area contributed by atoms with Crippen LogP contribution in [0.1, 0.15) is 0 Å². The minimum absolute atomic E-state index is 0.149. The van der Waals surface area contributed by atoms with Crippen LogP contribution >= 0.6 is 11.6 Å². The van der Waals surface area contributed by atoms with Crippen LogP contribution < -0.4 is 5.32 Å². The Morgan fingerprint density at radius 1 is 1.47 bits per heavy atom. The van der Waals surface area contributed by atoms with Gasteiger partial charge in [-0.1, -0.05) is 18.2 Å². The number of halogens is 1. The summed E-state index contributed by atoms with van der Waals surface area (Å²) in [5.41, 5.74) is 1.11. The highest BCUT2D eigenvalue weighted by Crippen LogP contribution is 2.20. The van der Waals surface area contributed by atoms with Crippen LogP contribution in [0.2, 0.25) is 5.02 Å². The molecule has 0 unspecified atom stereocenters. The van der Waals surface area contributed by atoms with Gasteiger partial charge in [0.05, 0.1) is 0 Å². The molecule has 0 radical (unpaired) electrons. The van der Waals surface area contributed by atoms with Crippen molar-refractivity contribution >= 4 is 28.4 Å². The summed E-state index contributed by atoms with van der Waals surface area (Å²) in [5.74, 6) is -0.149. The monoisotopic (exact) mass is 248 g/mol. The molecule has 3 nitrogen and oxygen atoms in total. The van der Waals surface area contributed by atoms with Crippen molar-refractivity contribution in [2.24, 2.45) is 0 Å². The minimum atomic E-state index is -0.149. The maximum absolute atomic E-state index is 11.0. The zero-order valence-electron chi connectivity index (χ0n) is 9.32. The third kappa shape index (κ3) is 2.68. The number of nitrogens with zero attached hydrogens (tertiary/aromatic N) is 1. The summed E-state index contributed by atoms with van der Waals surface area (Å²) in [6, 6.07) is 7.78. The molecule has 1 aromatic heterocycles. The first-order valence-corrected chi connectivity index (χ1v) is 5.73. The van der Waals surface area contributed by atoms with Gasteiger partial charge in [-0.2, -0.15) is 0 Å². The van der Waals surface area contributed by atoms with Gasteiger partial charge in [-0.15, -0.1) is 0 Å². The van der Waals surface area contributed by atoms with Crippen molar-refractivity contribution in [1.82, 2.24) is 9.88 Å². The summed E-state index contributed by atoms with van der Waals surface area (Å²) in [5, 5.41) is 4.58. The van der Waals surface area contributed by atoms with Crippen molar-refractivity contribution in [2.45, 2.75) is 6.54 Å². The Kier molecular flexibility index (Phi) is 3.49. The molecule has 0 aliphatic rings. The number of nitrogens with one attached hydrogen (secondary N) is 1. The quantitative estimate of drug-likeness (QED) is 0.830. The molecule has 1 N–H and O–H groups in total. The largest absolute Gasteiger partial charge is 0.351 e. The van der Waals surface area contributed by atoms with E-state index in [0.29, 0.717) is 6.54 Å². The molecule has 1 aromatic carbocycles. The molecule has 88 valence electrons. The van der Waals surface area contributed by atoms with Gasteiger partial charge >= 0.3 is 0 Å². The van der Waals surface area contributed by atoms with Gasteiger partial charge in [0, 0.05) is 35.2 Å². The first kappa shape index (κ1) is 11.7. The van der Waals surface area contributed by atoms with Crippen LogP contribution in [-0.2, 0) is 11.3 Å². The van der Waals surface area contributed by atoms with E-state index in [1.54, 1.807) is 0 Å². The van der Waals surface area contributed by atoms with E-state index in [1.807, 2.05) is 30.5 Å². The second kappa shape index (κ2) is 5.06. The summed E-state index contributed by atoms with van der Waals surface area (Å²) in [6.07, 6.45) is 3.26. The molecule has 0 aliphatic heterocycles. The van der Waals surface area contributed by atoms with E-state index in [2.05, 4.69) is 16.5 Å². The second-order valence-electron chi connectivity index (χ2n) is 3.71. The minimum Gasteiger partial charge on any atom is -0.351 e. The molecule has 0 spiro atoms. The van der Waals surface area contributed by atoms with E-state index in [4.69, 9.17) is 11.6 Å². The third-order valence-electron chi connectivity index (χ3n) is 2.57. The van der Waals surface area contributed by atoms with E-state index in [-0.39, 0.29) is 5.91 Å². The molecule has 0 saturated heterocycles. The first-order valence-electron chi connectivity index (χ1n) is 5.35. The number of fused-ring (bicyclic) bond motifs is 1. The maximum atomic E-state index is 11.0. The molecule has 0 aliphatic carbocycles. The number of aromatic nitrogens is 1. The fourth-order valence-corrected chi connectivity index (χ4v) is 1.92.